The van der Waals surface area contributed by atoms with E-state index in [4.69, 9.17) is 5.11 Å². The first kappa shape index (κ1) is 7.09. The normalized spacial score (nSPS) is 36.1. The van der Waals surface area contributed by atoms with Crippen molar-refractivity contribution in [1.29, 1.82) is 0 Å². The summed E-state index contributed by atoms with van der Waals surface area (Å²) in [6, 6.07) is 0. The predicted octanol–water partition coefficient (Wildman–Crippen LogP) is 0.299. The van der Waals surface area contributed by atoms with Gasteiger partial charge in [0, 0.05) is 11.7 Å². The highest BCUT2D eigenvalue weighted by Gasteiger charge is 2.21. The minimum atomic E-state index is -0.388. The van der Waals surface area contributed by atoms with E-state index in [0.29, 0.717) is 0 Å². The molecule has 0 radical (unpaired) electrons. The van der Waals surface area contributed by atoms with Gasteiger partial charge < -0.3 is 9.90 Å². The average molecular weight is 146 g/mol. The van der Waals surface area contributed by atoms with Gasteiger partial charge in [-0.25, -0.2) is 0 Å². The van der Waals surface area contributed by atoms with Gasteiger partial charge in [-0.3, -0.25) is 0 Å². The molecule has 0 aromatic heterocycles. The van der Waals surface area contributed by atoms with Crippen LogP contribution in [0.2, 0.25) is 0 Å². The Balaban J connectivity index is 2.38. The lowest BCUT2D eigenvalue weighted by Crippen LogP contribution is -2.28. The van der Waals surface area contributed by atoms with Gasteiger partial charge in [0.2, 0.25) is 0 Å². The fourth-order valence-corrected chi connectivity index (χ4v) is 1.99. The zero-order valence-electron chi connectivity index (χ0n) is 5.12. The highest BCUT2D eigenvalue weighted by molar-refractivity contribution is 7.99. The van der Waals surface area contributed by atoms with Gasteiger partial charge >= 0.3 is 0 Å². The minimum Gasteiger partial charge on any atom is -0.392 e. The molecule has 1 rings (SSSR count). The molecule has 52 valence electrons. The van der Waals surface area contributed by atoms with Crippen LogP contribution in [0.4, 0.5) is 0 Å². The molecule has 1 unspecified atom stereocenters. The molecule has 0 bridgehead atoms. The van der Waals surface area contributed by atoms with Gasteiger partial charge in [-0.2, -0.15) is 11.8 Å². The second kappa shape index (κ2) is 3.22. The highest BCUT2D eigenvalue weighted by Crippen LogP contribution is 2.21. The summed E-state index contributed by atoms with van der Waals surface area (Å²) in [4.78, 5) is 10.2. The molecule has 1 aliphatic heterocycles. The number of carbonyl (C=O) groups is 1. The molecule has 2 atom stereocenters. The summed E-state index contributed by atoms with van der Waals surface area (Å²) in [5.74, 6) is 1.65. The number of carbonyl (C=O) groups excluding carboxylic acids is 1. The van der Waals surface area contributed by atoms with Gasteiger partial charge in [0.1, 0.15) is 6.29 Å². The molecule has 1 aliphatic rings. The Hall–Kier alpha value is -0.0200. The molecular formula is C6H10O2S. The largest absolute Gasteiger partial charge is 0.392 e. The number of rotatable bonds is 1. The lowest BCUT2D eigenvalue weighted by molar-refractivity contribution is -0.113. The number of thioether (sulfide) groups is 1. The highest BCUT2D eigenvalue weighted by atomic mass is 32.2. The predicted molar refractivity (Wildman–Crippen MR) is 37.5 cm³/mol. The van der Waals surface area contributed by atoms with Crippen LogP contribution in [0.1, 0.15) is 6.42 Å². The molecule has 1 heterocycles. The van der Waals surface area contributed by atoms with Crippen LogP contribution in [0.5, 0.6) is 0 Å². The van der Waals surface area contributed by atoms with Crippen molar-refractivity contribution in [1.82, 2.24) is 0 Å². The van der Waals surface area contributed by atoms with E-state index in [9.17, 15) is 4.79 Å². The van der Waals surface area contributed by atoms with Crippen LogP contribution in [-0.4, -0.2) is 29.0 Å². The Morgan fingerprint density at radius 2 is 2.44 bits per heavy atom. The van der Waals surface area contributed by atoms with E-state index in [0.717, 1.165) is 24.2 Å². The van der Waals surface area contributed by atoms with Crippen LogP contribution >= 0.6 is 11.8 Å². The molecule has 0 saturated carbocycles. The van der Waals surface area contributed by atoms with Crippen molar-refractivity contribution < 1.29 is 9.90 Å². The molecule has 0 amide bonds. The third-order valence-corrected chi connectivity index (χ3v) is 2.65. The van der Waals surface area contributed by atoms with E-state index in [2.05, 4.69) is 0 Å². The van der Waals surface area contributed by atoms with Crippen LogP contribution in [0.3, 0.4) is 0 Å². The van der Waals surface area contributed by atoms with Crippen LogP contribution < -0.4 is 0 Å². The number of aliphatic hydroxyl groups excluding tert-OH is 1. The molecule has 0 aliphatic carbocycles. The Labute approximate surface area is 58.6 Å². The maximum atomic E-state index is 10.2. The summed E-state index contributed by atoms with van der Waals surface area (Å²) in [6.45, 7) is 0. The lowest BCUT2D eigenvalue weighted by Gasteiger charge is -2.21. The molecule has 0 spiro atoms. The van der Waals surface area contributed by atoms with Crippen molar-refractivity contribution in [3.8, 4) is 0 Å². The van der Waals surface area contributed by atoms with E-state index in [1.807, 2.05) is 0 Å². The Bertz CT molecular complexity index is 105. The Morgan fingerprint density at radius 1 is 1.67 bits per heavy atom. The van der Waals surface area contributed by atoms with E-state index < -0.39 is 0 Å². The van der Waals surface area contributed by atoms with E-state index in [1.165, 1.54) is 0 Å². The van der Waals surface area contributed by atoms with Crippen LogP contribution in [0.15, 0.2) is 0 Å². The first-order chi connectivity index (χ1) is 4.34. The fourth-order valence-electron chi connectivity index (χ4n) is 0.898. The van der Waals surface area contributed by atoms with Crippen molar-refractivity contribution in [3.05, 3.63) is 0 Å². The minimum absolute atomic E-state index is 0.0914. The maximum Gasteiger partial charge on any atom is 0.125 e. The zero-order chi connectivity index (χ0) is 6.69. The number of aldehydes is 1. The molecule has 1 saturated heterocycles. The van der Waals surface area contributed by atoms with Crippen molar-refractivity contribution in [2.75, 3.05) is 11.5 Å². The molecule has 2 nitrogen and oxygen atoms in total. The fraction of sp³-hybridized carbons (Fsp3) is 0.833. The average Bonchev–Trinajstić information content (AvgIpc) is 1.89. The molecule has 1 N–H and O–H groups in total. The molecule has 0 aromatic carbocycles. The smallest absolute Gasteiger partial charge is 0.125 e. The summed E-state index contributed by atoms with van der Waals surface area (Å²) in [5, 5.41) is 9.12. The summed E-state index contributed by atoms with van der Waals surface area (Å²) in [7, 11) is 0. The Morgan fingerprint density at radius 3 is 2.89 bits per heavy atom. The standard InChI is InChI=1S/C6H10O2S/c7-3-5-1-2-9-4-6(5)8/h3,5-6,8H,1-2,4H2/t5?,6-/m0/s1. The molecular weight excluding hydrogens is 136 g/mol. The summed E-state index contributed by atoms with van der Waals surface area (Å²) in [6.07, 6.45) is 1.32. The number of hydrogen-bond donors (Lipinski definition) is 1. The molecule has 3 heteroatoms. The van der Waals surface area contributed by atoms with Crippen LogP contribution in [0, 0.1) is 5.92 Å². The molecule has 0 aromatic rings. The quantitative estimate of drug-likeness (QED) is 0.541. The van der Waals surface area contributed by atoms with Gasteiger partial charge in [0.25, 0.3) is 0 Å². The molecule has 1 fully saturated rings. The zero-order valence-corrected chi connectivity index (χ0v) is 5.93. The van der Waals surface area contributed by atoms with Gasteiger partial charge in [0.15, 0.2) is 0 Å². The van der Waals surface area contributed by atoms with Crippen molar-refractivity contribution in [2.24, 2.45) is 5.92 Å². The summed E-state index contributed by atoms with van der Waals surface area (Å²) in [5.41, 5.74) is 0. The van der Waals surface area contributed by atoms with Crippen LogP contribution in [0.25, 0.3) is 0 Å². The second-order valence-electron chi connectivity index (χ2n) is 2.23. The van der Waals surface area contributed by atoms with E-state index in [-0.39, 0.29) is 12.0 Å². The van der Waals surface area contributed by atoms with Crippen molar-refractivity contribution in [2.45, 2.75) is 12.5 Å². The summed E-state index contributed by atoms with van der Waals surface area (Å²) < 4.78 is 0. The monoisotopic (exact) mass is 146 g/mol. The third kappa shape index (κ3) is 1.69. The van der Waals surface area contributed by atoms with Crippen molar-refractivity contribution >= 4 is 18.0 Å². The molecule has 9 heavy (non-hydrogen) atoms. The first-order valence-corrected chi connectivity index (χ1v) is 4.21. The van der Waals surface area contributed by atoms with Gasteiger partial charge in [-0.05, 0) is 12.2 Å². The van der Waals surface area contributed by atoms with Gasteiger partial charge in [-0.1, -0.05) is 0 Å². The van der Waals surface area contributed by atoms with E-state index >= 15 is 0 Å². The van der Waals surface area contributed by atoms with Crippen LogP contribution in [-0.2, 0) is 4.79 Å². The van der Waals surface area contributed by atoms with Gasteiger partial charge in [0.05, 0.1) is 6.10 Å². The number of aliphatic hydroxyl groups is 1. The van der Waals surface area contributed by atoms with Gasteiger partial charge in [-0.15, -0.1) is 0 Å². The topological polar surface area (TPSA) is 37.3 Å². The van der Waals surface area contributed by atoms with Crippen molar-refractivity contribution in [3.63, 3.8) is 0 Å². The summed E-state index contributed by atoms with van der Waals surface area (Å²) >= 11 is 1.71. The van der Waals surface area contributed by atoms with E-state index in [1.54, 1.807) is 11.8 Å². The second-order valence-corrected chi connectivity index (χ2v) is 3.38. The maximum absolute atomic E-state index is 10.2. The number of hydrogen-bond acceptors (Lipinski definition) is 3. The first-order valence-electron chi connectivity index (χ1n) is 3.05. The SMILES string of the molecule is O=CC1CCSC[C@@H]1O. The Kier molecular flexibility index (Phi) is 2.54. The lowest BCUT2D eigenvalue weighted by atomic mass is 10.0. The third-order valence-electron chi connectivity index (χ3n) is 1.55.